The summed E-state index contributed by atoms with van der Waals surface area (Å²) in [4.78, 5) is 0. The quantitative estimate of drug-likeness (QED) is 0.773. The molecule has 0 amide bonds. The summed E-state index contributed by atoms with van der Waals surface area (Å²) in [6, 6.07) is 4.11. The second-order valence-electron chi connectivity index (χ2n) is 3.72. The molecule has 0 bridgehead atoms. The summed E-state index contributed by atoms with van der Waals surface area (Å²) in [7, 11) is 0. The molecule has 2 rings (SSSR count). The number of aromatic nitrogens is 4. The number of rotatable bonds is 3. The fraction of sp³-hybridized carbons (Fsp3) is 0.300. The van der Waals surface area contributed by atoms with E-state index in [-0.39, 0.29) is 11.5 Å². The molecule has 0 radical (unpaired) electrons. The fourth-order valence-corrected chi connectivity index (χ4v) is 1.96. The standard InChI is InChI=1S/C10H7BrClF3N4O/c1-5(12)9-16-17-18-19(9)7-3-2-6(11)4-8(7)20-10(13,14)15/h2-5H,1H3. The minimum Gasteiger partial charge on any atom is -0.403 e. The van der Waals surface area contributed by atoms with Gasteiger partial charge in [-0.15, -0.1) is 29.9 Å². The Labute approximate surface area is 124 Å². The lowest BCUT2D eigenvalue weighted by molar-refractivity contribution is -0.274. The average Bonchev–Trinajstić information content (AvgIpc) is 2.75. The second-order valence-corrected chi connectivity index (χ2v) is 5.30. The third-order valence-electron chi connectivity index (χ3n) is 2.23. The van der Waals surface area contributed by atoms with Gasteiger partial charge in [-0.25, -0.2) is 0 Å². The van der Waals surface area contributed by atoms with E-state index in [1.165, 1.54) is 12.1 Å². The van der Waals surface area contributed by atoms with Crippen molar-refractivity contribution in [2.75, 3.05) is 0 Å². The highest BCUT2D eigenvalue weighted by molar-refractivity contribution is 9.10. The van der Waals surface area contributed by atoms with Gasteiger partial charge in [-0.05, 0) is 35.5 Å². The highest BCUT2D eigenvalue weighted by Gasteiger charge is 2.33. The number of nitrogens with zero attached hydrogens (tertiary/aromatic N) is 4. The van der Waals surface area contributed by atoms with Gasteiger partial charge in [0.15, 0.2) is 11.6 Å². The largest absolute Gasteiger partial charge is 0.573 e. The van der Waals surface area contributed by atoms with Crippen LogP contribution < -0.4 is 4.74 Å². The van der Waals surface area contributed by atoms with Gasteiger partial charge in [0.05, 0.1) is 5.38 Å². The molecular formula is C10H7BrClF3N4O. The molecule has 0 saturated carbocycles. The topological polar surface area (TPSA) is 52.8 Å². The van der Waals surface area contributed by atoms with Crippen LogP contribution >= 0.6 is 27.5 Å². The van der Waals surface area contributed by atoms with Crippen LogP contribution in [0.3, 0.4) is 0 Å². The van der Waals surface area contributed by atoms with E-state index in [4.69, 9.17) is 11.6 Å². The van der Waals surface area contributed by atoms with Crippen molar-refractivity contribution < 1.29 is 17.9 Å². The van der Waals surface area contributed by atoms with Crippen LogP contribution in [0.25, 0.3) is 5.69 Å². The summed E-state index contributed by atoms with van der Waals surface area (Å²) in [5.74, 6) is -0.223. The van der Waals surface area contributed by atoms with Gasteiger partial charge in [0, 0.05) is 4.47 Å². The van der Waals surface area contributed by atoms with Crippen molar-refractivity contribution in [2.45, 2.75) is 18.7 Å². The zero-order valence-electron chi connectivity index (χ0n) is 9.90. The number of tetrazole rings is 1. The number of alkyl halides is 4. The number of halogens is 5. The zero-order chi connectivity index (χ0) is 14.9. The van der Waals surface area contributed by atoms with Gasteiger partial charge in [-0.3, -0.25) is 0 Å². The average molecular weight is 372 g/mol. The van der Waals surface area contributed by atoms with Crippen molar-refractivity contribution in [3.63, 3.8) is 0 Å². The normalized spacial score (nSPS) is 13.3. The number of ether oxygens (including phenoxy) is 1. The molecule has 0 aliphatic rings. The molecule has 5 nitrogen and oxygen atoms in total. The SMILES string of the molecule is CC(Cl)c1nnnn1-c1ccc(Br)cc1OC(F)(F)F. The molecule has 1 heterocycles. The molecule has 1 atom stereocenters. The van der Waals surface area contributed by atoms with Crippen LogP contribution in [0.15, 0.2) is 22.7 Å². The van der Waals surface area contributed by atoms with E-state index < -0.39 is 17.5 Å². The first-order valence-corrected chi connectivity index (χ1v) is 6.49. The summed E-state index contributed by atoms with van der Waals surface area (Å²) >= 11 is 8.96. The highest BCUT2D eigenvalue weighted by atomic mass is 79.9. The molecule has 0 aliphatic carbocycles. The molecule has 0 aliphatic heterocycles. The summed E-state index contributed by atoms with van der Waals surface area (Å²) in [6.07, 6.45) is -4.82. The maximum Gasteiger partial charge on any atom is 0.573 e. The molecular weight excluding hydrogens is 364 g/mol. The third-order valence-corrected chi connectivity index (χ3v) is 2.91. The first kappa shape index (κ1) is 15.0. The fourth-order valence-electron chi connectivity index (χ4n) is 1.48. The Morgan fingerprint density at radius 2 is 2.10 bits per heavy atom. The molecule has 1 aromatic carbocycles. The Balaban J connectivity index is 2.53. The lowest BCUT2D eigenvalue weighted by atomic mass is 10.3. The number of hydrogen-bond acceptors (Lipinski definition) is 4. The first-order chi connectivity index (χ1) is 9.28. The van der Waals surface area contributed by atoms with Crippen LogP contribution in [0.1, 0.15) is 18.1 Å². The Morgan fingerprint density at radius 3 is 2.70 bits per heavy atom. The lowest BCUT2D eigenvalue weighted by Crippen LogP contribution is -2.19. The summed E-state index contributed by atoms with van der Waals surface area (Å²) < 4.78 is 42.8. The maximum absolute atomic E-state index is 12.4. The van der Waals surface area contributed by atoms with Crippen molar-refractivity contribution in [3.05, 3.63) is 28.5 Å². The monoisotopic (exact) mass is 370 g/mol. The molecule has 0 N–H and O–H groups in total. The van der Waals surface area contributed by atoms with Crippen molar-refractivity contribution in [1.82, 2.24) is 20.2 Å². The summed E-state index contributed by atoms with van der Waals surface area (Å²) in [6.45, 7) is 1.60. The van der Waals surface area contributed by atoms with E-state index in [9.17, 15) is 13.2 Å². The van der Waals surface area contributed by atoms with E-state index >= 15 is 0 Å². The summed E-state index contributed by atoms with van der Waals surface area (Å²) in [5.41, 5.74) is 0.0398. The van der Waals surface area contributed by atoms with E-state index in [1.807, 2.05) is 0 Å². The van der Waals surface area contributed by atoms with Gasteiger partial charge in [-0.2, -0.15) is 4.68 Å². The Bertz CT molecular complexity index is 617. The molecule has 0 fully saturated rings. The van der Waals surface area contributed by atoms with Crippen LogP contribution in [0.5, 0.6) is 5.75 Å². The first-order valence-electron chi connectivity index (χ1n) is 5.26. The van der Waals surface area contributed by atoms with Crippen LogP contribution in [0.4, 0.5) is 13.2 Å². The van der Waals surface area contributed by atoms with Crippen LogP contribution in [0.2, 0.25) is 0 Å². The molecule has 108 valence electrons. The van der Waals surface area contributed by atoms with Crippen LogP contribution in [-0.2, 0) is 0 Å². The summed E-state index contributed by atoms with van der Waals surface area (Å²) in [5, 5.41) is 10.1. The lowest BCUT2D eigenvalue weighted by Gasteiger charge is -2.14. The predicted octanol–water partition coefficient (Wildman–Crippen LogP) is 3.62. The molecule has 0 saturated heterocycles. The smallest absolute Gasteiger partial charge is 0.403 e. The molecule has 2 aromatic rings. The van der Waals surface area contributed by atoms with Crippen LogP contribution in [-0.4, -0.2) is 26.6 Å². The van der Waals surface area contributed by atoms with Gasteiger partial charge in [-0.1, -0.05) is 15.9 Å². The predicted molar refractivity (Wildman–Crippen MR) is 67.8 cm³/mol. The number of benzene rings is 1. The van der Waals surface area contributed by atoms with Crippen molar-refractivity contribution in [2.24, 2.45) is 0 Å². The molecule has 0 spiro atoms. The van der Waals surface area contributed by atoms with Crippen molar-refractivity contribution in [3.8, 4) is 11.4 Å². The van der Waals surface area contributed by atoms with Gasteiger partial charge in [0.2, 0.25) is 0 Å². The van der Waals surface area contributed by atoms with Gasteiger partial charge in [0.1, 0.15) is 5.69 Å². The molecule has 1 unspecified atom stereocenters. The Morgan fingerprint density at radius 1 is 1.40 bits per heavy atom. The minimum atomic E-state index is -4.82. The van der Waals surface area contributed by atoms with Crippen LogP contribution in [0, 0.1) is 0 Å². The molecule has 1 aromatic heterocycles. The van der Waals surface area contributed by atoms with E-state index in [1.54, 1.807) is 13.0 Å². The van der Waals surface area contributed by atoms with E-state index in [2.05, 4.69) is 36.2 Å². The van der Waals surface area contributed by atoms with Gasteiger partial charge < -0.3 is 4.74 Å². The second kappa shape index (κ2) is 5.57. The Hall–Kier alpha value is -1.35. The van der Waals surface area contributed by atoms with Crippen molar-refractivity contribution in [1.29, 1.82) is 0 Å². The van der Waals surface area contributed by atoms with E-state index in [0.717, 1.165) is 4.68 Å². The van der Waals surface area contributed by atoms with Crippen molar-refractivity contribution >= 4 is 27.5 Å². The van der Waals surface area contributed by atoms with Gasteiger partial charge >= 0.3 is 6.36 Å². The maximum atomic E-state index is 12.4. The third kappa shape index (κ3) is 3.40. The van der Waals surface area contributed by atoms with Gasteiger partial charge in [0.25, 0.3) is 0 Å². The Kier molecular flexibility index (Phi) is 4.19. The molecule has 20 heavy (non-hydrogen) atoms. The van der Waals surface area contributed by atoms with E-state index in [0.29, 0.717) is 4.47 Å². The highest BCUT2D eigenvalue weighted by Crippen LogP contribution is 2.32. The minimum absolute atomic E-state index is 0.0398. The molecule has 10 heteroatoms. The zero-order valence-corrected chi connectivity index (χ0v) is 12.2. The number of hydrogen-bond donors (Lipinski definition) is 0.